The van der Waals surface area contributed by atoms with Gasteiger partial charge in [-0.25, -0.2) is 0 Å². The molecule has 0 radical (unpaired) electrons. The molecule has 5 nitrogen and oxygen atoms in total. The van der Waals surface area contributed by atoms with Crippen LogP contribution in [0.25, 0.3) is 0 Å². The average molecular weight is 211 g/mol. The van der Waals surface area contributed by atoms with Gasteiger partial charge in [-0.05, 0) is 13.8 Å². The molecule has 5 heteroatoms. The van der Waals surface area contributed by atoms with E-state index in [0.29, 0.717) is 24.0 Å². The van der Waals surface area contributed by atoms with Crippen molar-refractivity contribution in [3.8, 4) is 11.8 Å². The highest BCUT2D eigenvalue weighted by Crippen LogP contribution is 2.23. The number of hydrogen-bond acceptors (Lipinski definition) is 5. The van der Waals surface area contributed by atoms with Gasteiger partial charge in [0.15, 0.2) is 0 Å². The molecule has 1 rings (SSSR count). The molecule has 0 amide bonds. The summed E-state index contributed by atoms with van der Waals surface area (Å²) in [4.78, 5) is 8.49. The van der Waals surface area contributed by atoms with E-state index in [2.05, 4.69) is 9.97 Å². The summed E-state index contributed by atoms with van der Waals surface area (Å²) >= 11 is 0. The summed E-state index contributed by atoms with van der Waals surface area (Å²) < 4.78 is 10.3. The van der Waals surface area contributed by atoms with Crippen LogP contribution in [0.4, 0.5) is 0 Å². The number of methoxy groups -OCH3 is 2. The molecule has 0 spiro atoms. The average Bonchev–Trinajstić information content (AvgIpc) is 2.19. The van der Waals surface area contributed by atoms with Crippen molar-refractivity contribution in [2.75, 3.05) is 14.2 Å². The highest BCUT2D eigenvalue weighted by molar-refractivity contribution is 5.34. The van der Waals surface area contributed by atoms with Crippen LogP contribution in [0.15, 0.2) is 0 Å². The number of ether oxygens (including phenoxy) is 2. The molecule has 0 aliphatic rings. The predicted octanol–water partition coefficient (Wildman–Crippen LogP) is 0.692. The molecule has 1 aromatic rings. The fourth-order valence-electron chi connectivity index (χ4n) is 1.30. The van der Waals surface area contributed by atoms with E-state index in [4.69, 9.17) is 15.2 Å². The molecule has 1 aromatic heterocycles. The maximum absolute atomic E-state index is 5.68. The lowest BCUT2D eigenvalue weighted by molar-refractivity contribution is 0.361. The second kappa shape index (κ2) is 4.93. The van der Waals surface area contributed by atoms with Gasteiger partial charge in [-0.1, -0.05) is 0 Å². The molecular formula is C10H17N3O2. The van der Waals surface area contributed by atoms with Gasteiger partial charge in [-0.3, -0.25) is 0 Å². The lowest BCUT2D eigenvalue weighted by Gasteiger charge is -2.11. The van der Waals surface area contributed by atoms with E-state index < -0.39 is 0 Å². The van der Waals surface area contributed by atoms with E-state index in [9.17, 15) is 0 Å². The van der Waals surface area contributed by atoms with E-state index in [1.807, 2.05) is 13.8 Å². The smallest absolute Gasteiger partial charge is 0.223 e. The third-order valence-corrected chi connectivity index (χ3v) is 1.99. The van der Waals surface area contributed by atoms with Gasteiger partial charge in [0, 0.05) is 12.5 Å². The minimum Gasteiger partial charge on any atom is -0.481 e. The minimum absolute atomic E-state index is 0.0159. The third-order valence-electron chi connectivity index (χ3n) is 1.99. The minimum atomic E-state index is 0.0159. The molecule has 0 bridgehead atoms. The van der Waals surface area contributed by atoms with Gasteiger partial charge in [0.25, 0.3) is 0 Å². The van der Waals surface area contributed by atoms with Crippen molar-refractivity contribution in [1.29, 1.82) is 0 Å². The predicted molar refractivity (Wildman–Crippen MR) is 57.2 cm³/mol. The first-order chi connectivity index (χ1) is 7.08. The normalized spacial score (nSPS) is 12.3. The Morgan fingerprint density at radius 3 is 2.00 bits per heavy atom. The Balaban J connectivity index is 3.09. The van der Waals surface area contributed by atoms with Crippen LogP contribution < -0.4 is 15.2 Å². The number of nitrogens with zero attached hydrogens (tertiary/aromatic N) is 2. The lowest BCUT2D eigenvalue weighted by Crippen LogP contribution is -2.20. The van der Waals surface area contributed by atoms with Crippen molar-refractivity contribution in [2.24, 2.45) is 5.73 Å². The monoisotopic (exact) mass is 211 g/mol. The zero-order valence-electron chi connectivity index (χ0n) is 9.57. The first-order valence-corrected chi connectivity index (χ1v) is 4.79. The topological polar surface area (TPSA) is 70.3 Å². The van der Waals surface area contributed by atoms with Gasteiger partial charge in [0.05, 0.1) is 19.8 Å². The lowest BCUT2D eigenvalue weighted by atomic mass is 10.2. The van der Waals surface area contributed by atoms with E-state index in [1.165, 1.54) is 0 Å². The molecule has 84 valence electrons. The van der Waals surface area contributed by atoms with Crippen LogP contribution in [-0.4, -0.2) is 30.2 Å². The van der Waals surface area contributed by atoms with Crippen LogP contribution in [0.2, 0.25) is 0 Å². The zero-order valence-corrected chi connectivity index (χ0v) is 9.57. The fraction of sp³-hybridized carbons (Fsp3) is 0.600. The van der Waals surface area contributed by atoms with Gasteiger partial charge in [0.1, 0.15) is 5.82 Å². The third kappa shape index (κ3) is 2.79. The molecule has 0 aliphatic carbocycles. The zero-order chi connectivity index (χ0) is 11.4. The molecule has 0 aromatic carbocycles. The second-order valence-corrected chi connectivity index (χ2v) is 3.46. The van der Waals surface area contributed by atoms with Crippen LogP contribution in [0.3, 0.4) is 0 Å². The second-order valence-electron chi connectivity index (χ2n) is 3.46. The number of rotatable bonds is 4. The summed E-state index contributed by atoms with van der Waals surface area (Å²) in [7, 11) is 3.15. The van der Waals surface area contributed by atoms with Gasteiger partial charge in [-0.2, -0.15) is 9.97 Å². The molecule has 1 atom stereocenters. The quantitative estimate of drug-likeness (QED) is 0.793. The summed E-state index contributed by atoms with van der Waals surface area (Å²) in [5, 5.41) is 0. The molecule has 0 fully saturated rings. The van der Waals surface area contributed by atoms with Crippen molar-refractivity contribution in [1.82, 2.24) is 9.97 Å². The van der Waals surface area contributed by atoms with E-state index in [-0.39, 0.29) is 6.04 Å². The Hall–Kier alpha value is -1.36. The molecule has 0 aliphatic heterocycles. The van der Waals surface area contributed by atoms with Gasteiger partial charge < -0.3 is 15.2 Å². The Morgan fingerprint density at radius 1 is 1.20 bits per heavy atom. The van der Waals surface area contributed by atoms with Crippen molar-refractivity contribution >= 4 is 0 Å². The summed E-state index contributed by atoms with van der Waals surface area (Å²) in [5.41, 5.74) is 6.48. The first-order valence-electron chi connectivity index (χ1n) is 4.79. The van der Waals surface area contributed by atoms with Gasteiger partial charge >= 0.3 is 0 Å². The molecule has 0 saturated carbocycles. The Kier molecular flexibility index (Phi) is 3.85. The van der Waals surface area contributed by atoms with Crippen molar-refractivity contribution in [2.45, 2.75) is 26.3 Å². The highest BCUT2D eigenvalue weighted by atomic mass is 16.5. The van der Waals surface area contributed by atoms with Crippen molar-refractivity contribution in [3.05, 3.63) is 11.4 Å². The van der Waals surface area contributed by atoms with Crippen LogP contribution in [0.1, 0.15) is 18.3 Å². The van der Waals surface area contributed by atoms with E-state index >= 15 is 0 Å². The maximum Gasteiger partial charge on any atom is 0.223 e. The summed E-state index contributed by atoms with van der Waals surface area (Å²) in [6.07, 6.45) is 0.604. The van der Waals surface area contributed by atoms with Crippen LogP contribution in [-0.2, 0) is 6.42 Å². The van der Waals surface area contributed by atoms with Gasteiger partial charge in [0.2, 0.25) is 11.8 Å². The van der Waals surface area contributed by atoms with Crippen LogP contribution >= 0.6 is 0 Å². The standard InChI is InChI=1S/C10H17N3O2/c1-6(11)5-8-12-9(14-3)7(2)10(13-8)15-4/h6H,5,11H2,1-4H3. The highest BCUT2D eigenvalue weighted by Gasteiger charge is 2.12. The first kappa shape index (κ1) is 11.7. The Morgan fingerprint density at radius 2 is 1.67 bits per heavy atom. The molecular weight excluding hydrogens is 194 g/mol. The largest absolute Gasteiger partial charge is 0.481 e. The fourth-order valence-corrected chi connectivity index (χ4v) is 1.30. The molecule has 2 N–H and O–H groups in total. The van der Waals surface area contributed by atoms with Crippen molar-refractivity contribution < 1.29 is 9.47 Å². The van der Waals surface area contributed by atoms with Crippen LogP contribution in [0.5, 0.6) is 11.8 Å². The molecule has 15 heavy (non-hydrogen) atoms. The number of hydrogen-bond donors (Lipinski definition) is 1. The Bertz CT molecular complexity index is 314. The number of aromatic nitrogens is 2. The SMILES string of the molecule is COc1nc(CC(C)N)nc(OC)c1C. The molecule has 0 saturated heterocycles. The Labute approximate surface area is 89.6 Å². The van der Waals surface area contributed by atoms with Crippen molar-refractivity contribution in [3.63, 3.8) is 0 Å². The van der Waals surface area contributed by atoms with E-state index in [0.717, 1.165) is 5.56 Å². The molecule has 1 unspecified atom stereocenters. The molecule has 1 heterocycles. The number of nitrogens with two attached hydrogens (primary N) is 1. The van der Waals surface area contributed by atoms with Gasteiger partial charge in [-0.15, -0.1) is 0 Å². The summed E-state index contributed by atoms with van der Waals surface area (Å²) in [5.74, 6) is 1.72. The van der Waals surface area contributed by atoms with E-state index in [1.54, 1.807) is 14.2 Å². The maximum atomic E-state index is 5.68. The van der Waals surface area contributed by atoms with Crippen LogP contribution in [0, 0.1) is 6.92 Å². The summed E-state index contributed by atoms with van der Waals surface area (Å²) in [6.45, 7) is 3.76. The summed E-state index contributed by atoms with van der Waals surface area (Å²) in [6, 6.07) is 0.0159.